The van der Waals surface area contributed by atoms with Crippen molar-refractivity contribution in [2.75, 3.05) is 5.32 Å². The van der Waals surface area contributed by atoms with Crippen LogP contribution in [0, 0.1) is 6.92 Å². The first-order valence-corrected chi connectivity index (χ1v) is 8.10. The zero-order chi connectivity index (χ0) is 17.9. The number of aryl methyl sites for hydroxylation is 1. The van der Waals surface area contributed by atoms with Gasteiger partial charge in [-0.3, -0.25) is 9.59 Å². The van der Waals surface area contributed by atoms with E-state index in [1.807, 2.05) is 13.8 Å². The van der Waals surface area contributed by atoms with Crippen LogP contribution in [0.2, 0.25) is 10.0 Å². The van der Waals surface area contributed by atoms with Gasteiger partial charge in [0.25, 0.3) is 5.91 Å². The molecule has 0 aliphatic carbocycles. The lowest BCUT2D eigenvalue weighted by Gasteiger charge is -2.14. The number of carbonyl (C=O) groups excluding carboxylic acids is 2. The molecule has 0 bridgehead atoms. The first-order chi connectivity index (χ1) is 11.3. The number of benzene rings is 2. The zero-order valence-corrected chi connectivity index (χ0v) is 15.0. The second-order valence-corrected chi connectivity index (χ2v) is 6.39. The van der Waals surface area contributed by atoms with Gasteiger partial charge in [-0.25, -0.2) is 0 Å². The molecule has 0 heterocycles. The predicted octanol–water partition coefficient (Wildman–Crippen LogP) is 5.15. The standard InChI is InChI=1S/C18H17Cl2NO3/c1-10(2)24-17-15(19)7-13(8-16(17)20)18(23)21-14-5-4-12(9-22)11(3)6-14/h4-10H,1-3H3,(H,21,23). The third-order valence-corrected chi connectivity index (χ3v) is 3.83. The van der Waals surface area contributed by atoms with E-state index in [9.17, 15) is 9.59 Å². The molecule has 24 heavy (non-hydrogen) atoms. The SMILES string of the molecule is Cc1cc(NC(=O)c2cc(Cl)c(OC(C)C)c(Cl)c2)ccc1C=O. The fourth-order valence-corrected chi connectivity index (χ4v) is 2.70. The van der Waals surface area contributed by atoms with E-state index in [-0.39, 0.29) is 22.1 Å². The third kappa shape index (κ3) is 4.28. The van der Waals surface area contributed by atoms with E-state index in [1.54, 1.807) is 25.1 Å². The molecule has 0 atom stereocenters. The average molecular weight is 366 g/mol. The van der Waals surface area contributed by atoms with Gasteiger partial charge in [-0.05, 0) is 56.7 Å². The van der Waals surface area contributed by atoms with Gasteiger partial charge < -0.3 is 10.1 Å². The van der Waals surface area contributed by atoms with Gasteiger partial charge in [-0.1, -0.05) is 23.2 Å². The molecule has 0 saturated carbocycles. The Morgan fingerprint density at radius 1 is 1.17 bits per heavy atom. The number of amides is 1. The minimum atomic E-state index is -0.354. The first-order valence-electron chi connectivity index (χ1n) is 7.34. The molecule has 2 aromatic rings. The van der Waals surface area contributed by atoms with Crippen LogP contribution in [0.4, 0.5) is 5.69 Å². The maximum absolute atomic E-state index is 12.4. The Morgan fingerprint density at radius 3 is 2.29 bits per heavy atom. The molecule has 2 aromatic carbocycles. The fraction of sp³-hybridized carbons (Fsp3) is 0.222. The Bertz CT molecular complexity index is 765. The maximum Gasteiger partial charge on any atom is 0.255 e. The van der Waals surface area contributed by atoms with Crippen molar-refractivity contribution in [3.05, 3.63) is 57.1 Å². The highest BCUT2D eigenvalue weighted by atomic mass is 35.5. The molecule has 0 spiro atoms. The molecule has 0 aliphatic rings. The number of hydrogen-bond donors (Lipinski definition) is 1. The van der Waals surface area contributed by atoms with E-state index in [0.29, 0.717) is 22.6 Å². The van der Waals surface area contributed by atoms with Crippen molar-refractivity contribution in [2.45, 2.75) is 26.9 Å². The second kappa shape index (κ2) is 7.69. The Kier molecular flexibility index (Phi) is 5.86. The van der Waals surface area contributed by atoms with Crippen LogP contribution < -0.4 is 10.1 Å². The van der Waals surface area contributed by atoms with Crippen LogP contribution in [0.15, 0.2) is 30.3 Å². The number of hydrogen-bond acceptors (Lipinski definition) is 3. The van der Waals surface area contributed by atoms with Gasteiger partial charge >= 0.3 is 0 Å². The molecule has 4 nitrogen and oxygen atoms in total. The average Bonchev–Trinajstić information content (AvgIpc) is 2.50. The number of rotatable bonds is 5. The number of halogens is 2. The van der Waals surface area contributed by atoms with Crippen molar-refractivity contribution in [3.8, 4) is 5.75 Å². The lowest BCUT2D eigenvalue weighted by Crippen LogP contribution is -2.13. The van der Waals surface area contributed by atoms with Gasteiger partial charge in [-0.2, -0.15) is 0 Å². The predicted molar refractivity (Wildman–Crippen MR) is 96.7 cm³/mol. The number of anilines is 1. The molecular weight excluding hydrogens is 349 g/mol. The molecule has 0 unspecified atom stereocenters. The van der Waals surface area contributed by atoms with E-state index in [1.165, 1.54) is 12.1 Å². The van der Waals surface area contributed by atoms with Crippen LogP contribution in [0.5, 0.6) is 5.75 Å². The fourth-order valence-electron chi connectivity index (χ4n) is 2.13. The molecule has 0 aromatic heterocycles. The van der Waals surface area contributed by atoms with Crippen LogP contribution in [-0.2, 0) is 0 Å². The maximum atomic E-state index is 12.4. The van der Waals surface area contributed by atoms with E-state index in [0.717, 1.165) is 11.8 Å². The highest BCUT2D eigenvalue weighted by molar-refractivity contribution is 6.37. The van der Waals surface area contributed by atoms with Crippen LogP contribution >= 0.6 is 23.2 Å². The summed E-state index contributed by atoms with van der Waals surface area (Å²) in [5, 5.41) is 3.30. The van der Waals surface area contributed by atoms with Crippen LogP contribution in [0.3, 0.4) is 0 Å². The van der Waals surface area contributed by atoms with Crippen molar-refractivity contribution < 1.29 is 14.3 Å². The number of carbonyl (C=O) groups is 2. The molecule has 0 aliphatic heterocycles. The minimum absolute atomic E-state index is 0.0843. The second-order valence-electron chi connectivity index (χ2n) is 5.58. The quantitative estimate of drug-likeness (QED) is 0.745. The molecule has 0 saturated heterocycles. The Morgan fingerprint density at radius 2 is 1.79 bits per heavy atom. The highest BCUT2D eigenvalue weighted by Gasteiger charge is 2.15. The van der Waals surface area contributed by atoms with E-state index in [4.69, 9.17) is 27.9 Å². The minimum Gasteiger partial charge on any atom is -0.488 e. The first kappa shape index (κ1) is 18.3. The van der Waals surface area contributed by atoms with Gasteiger partial charge in [0.15, 0.2) is 5.75 Å². The summed E-state index contributed by atoms with van der Waals surface area (Å²) in [6.07, 6.45) is 0.687. The van der Waals surface area contributed by atoms with E-state index < -0.39 is 0 Å². The van der Waals surface area contributed by atoms with Gasteiger partial charge in [0.1, 0.15) is 6.29 Å². The smallest absolute Gasteiger partial charge is 0.255 e. The Labute approximate surface area is 150 Å². The Balaban J connectivity index is 2.24. The van der Waals surface area contributed by atoms with Gasteiger partial charge in [0, 0.05) is 16.8 Å². The largest absolute Gasteiger partial charge is 0.488 e. The number of aldehydes is 1. The van der Waals surface area contributed by atoms with Crippen LogP contribution in [0.25, 0.3) is 0 Å². The summed E-state index contributed by atoms with van der Waals surface area (Å²) >= 11 is 12.3. The van der Waals surface area contributed by atoms with Crippen molar-refractivity contribution in [1.82, 2.24) is 0 Å². The van der Waals surface area contributed by atoms with Crippen molar-refractivity contribution in [1.29, 1.82) is 0 Å². The number of ether oxygens (including phenoxy) is 1. The van der Waals surface area contributed by atoms with Crippen LogP contribution in [0.1, 0.15) is 40.1 Å². The molecule has 2 rings (SSSR count). The summed E-state index contributed by atoms with van der Waals surface area (Å²) in [6.45, 7) is 5.52. The van der Waals surface area contributed by atoms with E-state index in [2.05, 4.69) is 5.32 Å². The summed E-state index contributed by atoms with van der Waals surface area (Å²) < 4.78 is 5.54. The molecule has 0 fully saturated rings. The van der Waals surface area contributed by atoms with Crippen LogP contribution in [-0.4, -0.2) is 18.3 Å². The molecule has 1 N–H and O–H groups in total. The Hall–Kier alpha value is -2.04. The summed E-state index contributed by atoms with van der Waals surface area (Å²) in [5.41, 5.74) is 2.25. The third-order valence-electron chi connectivity index (χ3n) is 3.27. The normalized spacial score (nSPS) is 10.6. The summed E-state index contributed by atoms with van der Waals surface area (Å²) in [7, 11) is 0. The lowest BCUT2D eigenvalue weighted by atomic mass is 10.1. The van der Waals surface area contributed by atoms with Gasteiger partial charge in [0.05, 0.1) is 16.1 Å². The van der Waals surface area contributed by atoms with Crippen molar-refractivity contribution in [2.24, 2.45) is 0 Å². The molecule has 126 valence electrons. The van der Waals surface area contributed by atoms with Crippen molar-refractivity contribution in [3.63, 3.8) is 0 Å². The summed E-state index contributed by atoms with van der Waals surface area (Å²) in [5.74, 6) is 0.00390. The highest BCUT2D eigenvalue weighted by Crippen LogP contribution is 2.35. The van der Waals surface area contributed by atoms with Gasteiger partial charge in [-0.15, -0.1) is 0 Å². The lowest BCUT2D eigenvalue weighted by molar-refractivity contribution is 0.102. The zero-order valence-electron chi connectivity index (χ0n) is 13.5. The number of nitrogens with one attached hydrogen (secondary N) is 1. The topological polar surface area (TPSA) is 55.4 Å². The molecule has 1 amide bonds. The molecule has 6 heteroatoms. The molecule has 0 radical (unpaired) electrons. The van der Waals surface area contributed by atoms with E-state index >= 15 is 0 Å². The van der Waals surface area contributed by atoms with Gasteiger partial charge in [0.2, 0.25) is 0 Å². The monoisotopic (exact) mass is 365 g/mol. The molecular formula is C18H17Cl2NO3. The summed E-state index contributed by atoms with van der Waals surface area (Å²) in [4.78, 5) is 23.2. The summed E-state index contributed by atoms with van der Waals surface area (Å²) in [6, 6.07) is 8.05. The van der Waals surface area contributed by atoms with Crippen molar-refractivity contribution >= 4 is 41.1 Å².